The van der Waals surface area contributed by atoms with E-state index in [0.717, 1.165) is 41.4 Å². The molecule has 0 aliphatic rings. The van der Waals surface area contributed by atoms with Crippen LogP contribution in [0.25, 0.3) is 11.3 Å². The predicted molar refractivity (Wildman–Crippen MR) is 121 cm³/mol. The molecule has 0 radical (unpaired) electrons. The van der Waals surface area contributed by atoms with Crippen LogP contribution >= 0.6 is 11.3 Å². The fraction of sp³-hybridized carbons (Fsp3) is 0.208. The summed E-state index contributed by atoms with van der Waals surface area (Å²) in [4.78, 5) is 3.54. The van der Waals surface area contributed by atoms with Crippen LogP contribution in [0.3, 0.4) is 0 Å². The van der Waals surface area contributed by atoms with Crippen molar-refractivity contribution in [3.63, 3.8) is 0 Å². The number of hydrogen-bond donors (Lipinski definition) is 1. The Balaban J connectivity index is 1.52. The molecule has 154 valence electrons. The third-order valence-electron chi connectivity index (χ3n) is 4.78. The van der Waals surface area contributed by atoms with E-state index >= 15 is 0 Å². The van der Waals surface area contributed by atoms with Crippen molar-refractivity contribution in [3.05, 3.63) is 88.7 Å². The highest BCUT2D eigenvalue weighted by Crippen LogP contribution is 2.28. The molecule has 0 saturated heterocycles. The van der Waals surface area contributed by atoms with Crippen molar-refractivity contribution in [2.24, 2.45) is 7.05 Å². The van der Waals surface area contributed by atoms with Gasteiger partial charge in [-0.05, 0) is 47.8 Å². The molecule has 2 aromatic carbocycles. The lowest BCUT2D eigenvalue weighted by molar-refractivity contribution is 0.185. The van der Waals surface area contributed by atoms with E-state index in [9.17, 15) is 5.11 Å². The van der Waals surface area contributed by atoms with Gasteiger partial charge in [0.1, 0.15) is 11.5 Å². The van der Waals surface area contributed by atoms with Crippen LogP contribution in [0.5, 0.6) is 11.5 Å². The smallest absolute Gasteiger partial charge is 0.127 e. The van der Waals surface area contributed by atoms with E-state index in [2.05, 4.69) is 28.6 Å². The Bertz CT molecular complexity index is 1040. The third-order valence-corrected chi connectivity index (χ3v) is 5.64. The van der Waals surface area contributed by atoms with Gasteiger partial charge >= 0.3 is 0 Å². The fourth-order valence-corrected chi connectivity index (χ4v) is 4.17. The number of aliphatic hydroxyl groups is 1. The Labute approximate surface area is 180 Å². The zero-order valence-corrected chi connectivity index (χ0v) is 17.8. The van der Waals surface area contributed by atoms with Gasteiger partial charge in [-0.25, -0.2) is 0 Å². The summed E-state index contributed by atoms with van der Waals surface area (Å²) >= 11 is 1.74. The van der Waals surface area contributed by atoms with Crippen LogP contribution in [-0.2, 0) is 20.1 Å². The van der Waals surface area contributed by atoms with Crippen LogP contribution < -0.4 is 4.74 Å². The molecule has 2 heterocycles. The molecule has 4 aromatic rings. The topological polar surface area (TPSA) is 50.5 Å². The minimum atomic E-state index is 0.131. The Morgan fingerprint density at radius 1 is 0.967 bits per heavy atom. The standard InChI is InChI=1S/C24H25N3O2S/c1-26-16-20(17-27(13-14-28)18-23-8-5-15-30-23)24(25-26)19-9-11-22(12-10-19)29-21-6-3-2-4-7-21/h2-12,15-16,28H,13-14,17-18H2,1H3. The molecule has 5 nitrogen and oxygen atoms in total. The van der Waals surface area contributed by atoms with Crippen molar-refractivity contribution in [2.75, 3.05) is 13.2 Å². The number of para-hydroxylation sites is 1. The Kier molecular flexibility index (Phi) is 6.59. The lowest BCUT2D eigenvalue weighted by Crippen LogP contribution is -2.25. The molecule has 0 spiro atoms. The number of thiophene rings is 1. The highest BCUT2D eigenvalue weighted by atomic mass is 32.1. The molecule has 0 fully saturated rings. The number of rotatable bonds is 9. The molecule has 2 aromatic heterocycles. The molecule has 0 saturated carbocycles. The van der Waals surface area contributed by atoms with Gasteiger partial charge in [0.2, 0.25) is 0 Å². The monoisotopic (exact) mass is 419 g/mol. The molecule has 0 aliphatic heterocycles. The first-order chi connectivity index (χ1) is 14.7. The second-order valence-electron chi connectivity index (χ2n) is 7.13. The van der Waals surface area contributed by atoms with Crippen LogP contribution in [0.2, 0.25) is 0 Å². The van der Waals surface area contributed by atoms with Gasteiger partial charge in [-0.2, -0.15) is 5.10 Å². The number of ether oxygens (including phenoxy) is 1. The molecule has 1 N–H and O–H groups in total. The third kappa shape index (κ3) is 5.16. The first kappa shape index (κ1) is 20.3. The zero-order chi connectivity index (χ0) is 20.8. The Morgan fingerprint density at radius 2 is 1.73 bits per heavy atom. The molecular formula is C24H25N3O2S. The molecule has 0 atom stereocenters. The number of benzene rings is 2. The second kappa shape index (κ2) is 9.71. The molecule has 0 amide bonds. The van der Waals surface area contributed by atoms with Crippen LogP contribution in [0, 0.1) is 0 Å². The van der Waals surface area contributed by atoms with Gasteiger partial charge in [0, 0.05) is 48.9 Å². The Morgan fingerprint density at radius 3 is 2.43 bits per heavy atom. The lowest BCUT2D eigenvalue weighted by Gasteiger charge is -2.20. The van der Waals surface area contributed by atoms with E-state index in [0.29, 0.717) is 6.54 Å². The SMILES string of the molecule is Cn1cc(CN(CCO)Cc2cccs2)c(-c2ccc(Oc3ccccc3)cc2)n1. The quantitative estimate of drug-likeness (QED) is 0.418. The van der Waals surface area contributed by atoms with Gasteiger partial charge in [0.15, 0.2) is 0 Å². The van der Waals surface area contributed by atoms with Crippen molar-refractivity contribution in [1.29, 1.82) is 0 Å². The summed E-state index contributed by atoms with van der Waals surface area (Å²) in [6.07, 6.45) is 2.06. The number of nitrogens with zero attached hydrogens (tertiary/aromatic N) is 3. The van der Waals surface area contributed by atoms with Crippen LogP contribution in [-0.4, -0.2) is 32.9 Å². The summed E-state index contributed by atoms with van der Waals surface area (Å²) in [7, 11) is 1.94. The first-order valence-electron chi connectivity index (χ1n) is 9.93. The van der Waals surface area contributed by atoms with E-state index in [-0.39, 0.29) is 6.61 Å². The number of aliphatic hydroxyl groups excluding tert-OH is 1. The van der Waals surface area contributed by atoms with Gasteiger partial charge in [0.25, 0.3) is 0 Å². The van der Waals surface area contributed by atoms with E-state index in [4.69, 9.17) is 9.84 Å². The highest BCUT2D eigenvalue weighted by Gasteiger charge is 2.15. The average molecular weight is 420 g/mol. The van der Waals surface area contributed by atoms with Crippen molar-refractivity contribution in [3.8, 4) is 22.8 Å². The number of hydrogen-bond acceptors (Lipinski definition) is 5. The van der Waals surface area contributed by atoms with E-state index in [1.165, 1.54) is 4.88 Å². The van der Waals surface area contributed by atoms with Crippen molar-refractivity contribution < 1.29 is 9.84 Å². The molecular weight excluding hydrogens is 394 g/mol. The van der Waals surface area contributed by atoms with Crippen molar-refractivity contribution in [1.82, 2.24) is 14.7 Å². The average Bonchev–Trinajstić information content (AvgIpc) is 3.39. The maximum Gasteiger partial charge on any atom is 0.127 e. The second-order valence-corrected chi connectivity index (χ2v) is 8.16. The fourth-order valence-electron chi connectivity index (χ4n) is 3.42. The van der Waals surface area contributed by atoms with Crippen molar-refractivity contribution >= 4 is 11.3 Å². The predicted octanol–water partition coefficient (Wildman–Crippen LogP) is 4.94. The Hall–Kier alpha value is -2.93. The molecule has 0 unspecified atom stereocenters. The zero-order valence-electron chi connectivity index (χ0n) is 16.9. The van der Waals surface area contributed by atoms with Crippen LogP contribution in [0.4, 0.5) is 0 Å². The molecule has 30 heavy (non-hydrogen) atoms. The summed E-state index contributed by atoms with van der Waals surface area (Å²) in [5.41, 5.74) is 3.14. The van der Waals surface area contributed by atoms with Gasteiger partial charge in [-0.1, -0.05) is 24.3 Å². The summed E-state index contributed by atoms with van der Waals surface area (Å²) in [6.45, 7) is 2.29. The first-order valence-corrected chi connectivity index (χ1v) is 10.8. The van der Waals surface area contributed by atoms with Crippen molar-refractivity contribution in [2.45, 2.75) is 13.1 Å². The van der Waals surface area contributed by atoms with Gasteiger partial charge < -0.3 is 9.84 Å². The molecule has 0 aliphatic carbocycles. The largest absolute Gasteiger partial charge is 0.457 e. The van der Waals surface area contributed by atoms with E-state index in [1.807, 2.05) is 66.3 Å². The van der Waals surface area contributed by atoms with E-state index in [1.54, 1.807) is 11.3 Å². The minimum absolute atomic E-state index is 0.131. The van der Waals surface area contributed by atoms with Gasteiger partial charge in [0.05, 0.1) is 12.3 Å². The summed E-state index contributed by atoms with van der Waals surface area (Å²) < 4.78 is 7.75. The van der Waals surface area contributed by atoms with E-state index < -0.39 is 0 Å². The molecule has 4 rings (SSSR count). The molecule has 6 heteroatoms. The van der Waals surface area contributed by atoms with Crippen LogP contribution in [0.1, 0.15) is 10.4 Å². The normalized spacial score (nSPS) is 11.2. The summed E-state index contributed by atoms with van der Waals surface area (Å²) in [5, 5.41) is 16.3. The highest BCUT2D eigenvalue weighted by molar-refractivity contribution is 7.09. The number of aryl methyl sites for hydroxylation is 1. The lowest BCUT2D eigenvalue weighted by atomic mass is 10.1. The number of aromatic nitrogens is 2. The maximum absolute atomic E-state index is 9.51. The molecule has 0 bridgehead atoms. The maximum atomic E-state index is 9.51. The van der Waals surface area contributed by atoms with Gasteiger partial charge in [-0.15, -0.1) is 11.3 Å². The summed E-state index contributed by atoms with van der Waals surface area (Å²) in [6, 6.07) is 22.0. The minimum Gasteiger partial charge on any atom is -0.457 e. The van der Waals surface area contributed by atoms with Gasteiger partial charge in [-0.3, -0.25) is 9.58 Å². The summed E-state index contributed by atoms with van der Waals surface area (Å²) in [5.74, 6) is 1.61. The van der Waals surface area contributed by atoms with Crippen LogP contribution in [0.15, 0.2) is 78.3 Å².